The molecule has 0 aliphatic heterocycles. The minimum Gasteiger partial charge on any atom is -0.457 e. The Labute approximate surface area is 185 Å². The average Bonchev–Trinajstić information content (AvgIpc) is 2.74. The van der Waals surface area contributed by atoms with E-state index in [-0.39, 0.29) is 5.75 Å². The Morgan fingerprint density at radius 2 is 1.58 bits per heavy atom. The summed E-state index contributed by atoms with van der Waals surface area (Å²) in [5, 5.41) is 3.23. The van der Waals surface area contributed by atoms with Crippen molar-refractivity contribution in [3.63, 3.8) is 0 Å². The molecule has 0 spiro atoms. The summed E-state index contributed by atoms with van der Waals surface area (Å²) in [6, 6.07) is 18.2. The smallest absolute Gasteiger partial charge is 0.317 e. The highest BCUT2D eigenvalue weighted by molar-refractivity contribution is 7.99. The van der Waals surface area contributed by atoms with Crippen LogP contribution in [0.3, 0.4) is 0 Å². The lowest BCUT2D eigenvalue weighted by Crippen LogP contribution is -2.30. The third-order valence-electron chi connectivity index (χ3n) is 4.06. The molecule has 0 aliphatic carbocycles. The highest BCUT2D eigenvalue weighted by atomic mass is 32.2. The topological polar surface area (TPSA) is 90.4 Å². The van der Waals surface area contributed by atoms with E-state index < -0.39 is 18.0 Å². The van der Waals surface area contributed by atoms with Gasteiger partial charge in [0, 0.05) is 17.1 Å². The molecule has 2 aromatic carbocycles. The third kappa shape index (κ3) is 7.11. The normalized spacial score (nSPS) is 11.5. The fourth-order valence-electron chi connectivity index (χ4n) is 2.64. The summed E-state index contributed by atoms with van der Waals surface area (Å²) in [4.78, 5) is 32.9. The lowest BCUT2D eigenvalue weighted by atomic mass is 10.2. The number of aromatic nitrogens is 2. The first-order chi connectivity index (χ1) is 14.9. The number of hydrogen-bond donors (Lipinski definition) is 1. The zero-order valence-corrected chi connectivity index (χ0v) is 18.3. The number of ether oxygens (including phenoxy) is 2. The maximum Gasteiger partial charge on any atom is 0.317 e. The largest absolute Gasteiger partial charge is 0.457 e. The summed E-state index contributed by atoms with van der Waals surface area (Å²) < 4.78 is 10.9. The Balaban J connectivity index is 1.46. The molecular weight excluding hydrogens is 414 g/mol. The van der Waals surface area contributed by atoms with E-state index in [2.05, 4.69) is 15.3 Å². The van der Waals surface area contributed by atoms with Crippen molar-refractivity contribution in [1.29, 1.82) is 0 Å². The molecule has 8 heteroatoms. The van der Waals surface area contributed by atoms with Crippen LogP contribution in [-0.2, 0) is 14.3 Å². The van der Waals surface area contributed by atoms with E-state index in [1.54, 1.807) is 24.3 Å². The quantitative estimate of drug-likeness (QED) is 0.314. The standard InChI is InChI=1S/C23H23N3O4S/c1-15-13-16(2)25-23(24-15)31-14-21(27)29-17(3)22(28)26-18-9-11-20(12-10-18)30-19-7-5-4-6-8-19/h4-13,17H,14H2,1-3H3,(H,26,28). The van der Waals surface area contributed by atoms with Crippen molar-refractivity contribution >= 4 is 29.3 Å². The minimum absolute atomic E-state index is 0.0199. The van der Waals surface area contributed by atoms with Crippen molar-refractivity contribution in [2.75, 3.05) is 11.1 Å². The maximum absolute atomic E-state index is 12.3. The lowest BCUT2D eigenvalue weighted by molar-refractivity contribution is -0.150. The van der Waals surface area contributed by atoms with Crippen molar-refractivity contribution in [1.82, 2.24) is 9.97 Å². The van der Waals surface area contributed by atoms with E-state index >= 15 is 0 Å². The van der Waals surface area contributed by atoms with E-state index in [1.165, 1.54) is 18.7 Å². The molecule has 0 saturated carbocycles. The van der Waals surface area contributed by atoms with Gasteiger partial charge in [0.1, 0.15) is 11.5 Å². The predicted molar refractivity (Wildman–Crippen MR) is 119 cm³/mol. The number of nitrogens with zero attached hydrogens (tertiary/aromatic N) is 2. The van der Waals surface area contributed by atoms with Gasteiger partial charge in [0.15, 0.2) is 11.3 Å². The molecule has 1 N–H and O–H groups in total. The van der Waals surface area contributed by atoms with Gasteiger partial charge in [0.2, 0.25) is 0 Å². The van der Waals surface area contributed by atoms with Gasteiger partial charge in [-0.1, -0.05) is 30.0 Å². The van der Waals surface area contributed by atoms with Crippen LogP contribution in [0, 0.1) is 13.8 Å². The molecule has 160 valence electrons. The Bertz CT molecular complexity index is 1020. The fourth-order valence-corrected chi connectivity index (χ4v) is 3.37. The number of rotatable bonds is 8. The summed E-state index contributed by atoms with van der Waals surface area (Å²) in [6.45, 7) is 5.26. The van der Waals surface area contributed by atoms with E-state index in [0.29, 0.717) is 16.6 Å². The molecule has 0 aliphatic rings. The van der Waals surface area contributed by atoms with Crippen LogP contribution >= 0.6 is 11.8 Å². The number of anilines is 1. The van der Waals surface area contributed by atoms with Crippen LogP contribution in [0.25, 0.3) is 0 Å². The second kappa shape index (κ2) is 10.6. The number of thioether (sulfide) groups is 1. The first-order valence-electron chi connectivity index (χ1n) is 9.67. The number of aryl methyl sites for hydroxylation is 2. The number of carbonyl (C=O) groups is 2. The molecule has 0 saturated heterocycles. The van der Waals surface area contributed by atoms with E-state index in [9.17, 15) is 9.59 Å². The summed E-state index contributed by atoms with van der Waals surface area (Å²) >= 11 is 1.17. The van der Waals surface area contributed by atoms with Gasteiger partial charge < -0.3 is 14.8 Å². The van der Waals surface area contributed by atoms with E-state index in [1.807, 2.05) is 50.2 Å². The number of esters is 1. The van der Waals surface area contributed by atoms with E-state index in [4.69, 9.17) is 9.47 Å². The summed E-state index contributed by atoms with van der Waals surface area (Å²) in [5.74, 6) is 0.462. The highest BCUT2D eigenvalue weighted by Gasteiger charge is 2.18. The van der Waals surface area contributed by atoms with Crippen molar-refractivity contribution in [2.45, 2.75) is 32.0 Å². The van der Waals surface area contributed by atoms with Crippen LogP contribution in [0.5, 0.6) is 11.5 Å². The molecule has 1 amide bonds. The van der Waals surface area contributed by atoms with Crippen molar-refractivity contribution < 1.29 is 19.1 Å². The second-order valence-corrected chi connectivity index (χ2v) is 7.73. The summed E-state index contributed by atoms with van der Waals surface area (Å²) in [6.07, 6.45) is -0.937. The average molecular weight is 438 g/mol. The van der Waals surface area contributed by atoms with Gasteiger partial charge in [-0.25, -0.2) is 9.97 Å². The van der Waals surface area contributed by atoms with Gasteiger partial charge in [0.25, 0.3) is 5.91 Å². The molecule has 3 rings (SSSR count). The Hall–Kier alpha value is -3.39. The molecule has 1 aromatic heterocycles. The monoisotopic (exact) mass is 437 g/mol. The number of benzene rings is 2. The van der Waals surface area contributed by atoms with Crippen molar-refractivity contribution in [3.8, 4) is 11.5 Å². The van der Waals surface area contributed by atoms with Crippen LogP contribution in [0.1, 0.15) is 18.3 Å². The van der Waals surface area contributed by atoms with Gasteiger partial charge in [-0.05, 0) is 63.2 Å². The Kier molecular flexibility index (Phi) is 7.61. The number of para-hydroxylation sites is 1. The van der Waals surface area contributed by atoms with E-state index in [0.717, 1.165) is 17.1 Å². The Morgan fingerprint density at radius 1 is 0.968 bits per heavy atom. The highest BCUT2D eigenvalue weighted by Crippen LogP contribution is 2.22. The predicted octanol–water partition coefficient (Wildman–Crippen LogP) is 4.55. The van der Waals surface area contributed by atoms with Gasteiger partial charge in [0.05, 0.1) is 5.75 Å². The molecular formula is C23H23N3O4S. The zero-order chi connectivity index (χ0) is 22.2. The van der Waals surface area contributed by atoms with Crippen LogP contribution in [-0.4, -0.2) is 33.7 Å². The van der Waals surface area contributed by atoms with Crippen molar-refractivity contribution in [2.24, 2.45) is 0 Å². The minimum atomic E-state index is -0.937. The molecule has 1 unspecified atom stereocenters. The first kappa shape index (κ1) is 22.3. The van der Waals surface area contributed by atoms with Gasteiger partial charge in [-0.2, -0.15) is 0 Å². The van der Waals surface area contributed by atoms with Crippen LogP contribution < -0.4 is 10.1 Å². The molecule has 1 atom stereocenters. The van der Waals surface area contributed by atoms with Crippen LogP contribution in [0.15, 0.2) is 65.8 Å². The van der Waals surface area contributed by atoms with Gasteiger partial charge >= 0.3 is 5.97 Å². The molecule has 0 bridgehead atoms. The van der Waals surface area contributed by atoms with Gasteiger partial charge in [-0.3, -0.25) is 9.59 Å². The lowest BCUT2D eigenvalue weighted by Gasteiger charge is -2.14. The number of carbonyl (C=O) groups excluding carboxylic acids is 2. The molecule has 3 aromatic rings. The first-order valence-corrected chi connectivity index (χ1v) is 10.7. The molecule has 7 nitrogen and oxygen atoms in total. The zero-order valence-electron chi connectivity index (χ0n) is 17.5. The van der Waals surface area contributed by atoms with Crippen LogP contribution in [0.4, 0.5) is 5.69 Å². The van der Waals surface area contributed by atoms with Gasteiger partial charge in [-0.15, -0.1) is 0 Å². The number of amides is 1. The number of nitrogens with one attached hydrogen (secondary N) is 1. The second-order valence-electron chi connectivity index (χ2n) is 6.78. The molecule has 31 heavy (non-hydrogen) atoms. The molecule has 1 heterocycles. The summed E-state index contributed by atoms with van der Waals surface area (Å²) in [5.41, 5.74) is 2.24. The Morgan fingerprint density at radius 3 is 2.23 bits per heavy atom. The third-order valence-corrected chi connectivity index (χ3v) is 4.88. The maximum atomic E-state index is 12.3. The van der Waals surface area contributed by atoms with Crippen LogP contribution in [0.2, 0.25) is 0 Å². The fraction of sp³-hybridized carbons (Fsp3) is 0.217. The number of hydrogen-bond acceptors (Lipinski definition) is 7. The SMILES string of the molecule is Cc1cc(C)nc(SCC(=O)OC(C)C(=O)Nc2ccc(Oc3ccccc3)cc2)n1. The molecule has 0 radical (unpaired) electrons. The van der Waals surface area contributed by atoms with Crippen molar-refractivity contribution in [3.05, 3.63) is 72.1 Å². The summed E-state index contributed by atoms with van der Waals surface area (Å²) in [7, 11) is 0. The molecule has 0 fully saturated rings.